The van der Waals surface area contributed by atoms with Crippen molar-refractivity contribution in [3.63, 3.8) is 0 Å². The standard InChI is InChI=1S/C26H27N3O4S/c1-20-13-15-22(16-14-20)34(32,33)29(21-9-3-2-4-10-21)19-25(30)27-24-12-6-5-11-23(24)26(31)28-17-7-8-18-28/h2-6,9-16H,7-8,17-19H2,1H3,(H,27,30). The molecule has 0 unspecified atom stereocenters. The van der Waals surface area contributed by atoms with Crippen LogP contribution in [0.1, 0.15) is 28.8 Å². The van der Waals surface area contributed by atoms with Gasteiger partial charge >= 0.3 is 0 Å². The Kier molecular flexibility index (Phi) is 6.98. The van der Waals surface area contributed by atoms with E-state index in [-0.39, 0.29) is 10.8 Å². The number of aryl methyl sites for hydroxylation is 1. The first-order valence-electron chi connectivity index (χ1n) is 11.2. The van der Waals surface area contributed by atoms with Crippen LogP contribution < -0.4 is 9.62 Å². The summed E-state index contributed by atoms with van der Waals surface area (Å²) in [7, 11) is -4.00. The lowest BCUT2D eigenvalue weighted by Gasteiger charge is -2.24. The molecule has 0 aliphatic carbocycles. The molecule has 0 saturated carbocycles. The molecule has 3 aromatic carbocycles. The minimum Gasteiger partial charge on any atom is -0.339 e. The maximum atomic E-state index is 13.5. The second-order valence-corrected chi connectivity index (χ2v) is 10.1. The van der Waals surface area contributed by atoms with Crippen molar-refractivity contribution in [2.75, 3.05) is 29.3 Å². The molecule has 0 spiro atoms. The minimum atomic E-state index is -4.00. The third kappa shape index (κ3) is 5.12. The Morgan fingerprint density at radius 1 is 0.882 bits per heavy atom. The van der Waals surface area contributed by atoms with E-state index in [0.29, 0.717) is 30.0 Å². The van der Waals surface area contributed by atoms with Crippen LogP contribution in [-0.4, -0.2) is 44.8 Å². The molecule has 1 aliphatic heterocycles. The largest absolute Gasteiger partial charge is 0.339 e. The van der Waals surface area contributed by atoms with Crippen molar-refractivity contribution in [1.82, 2.24) is 4.90 Å². The first kappa shape index (κ1) is 23.5. The fourth-order valence-electron chi connectivity index (χ4n) is 3.94. The quantitative estimate of drug-likeness (QED) is 0.556. The summed E-state index contributed by atoms with van der Waals surface area (Å²) in [6.45, 7) is 2.82. The molecule has 7 nitrogen and oxygen atoms in total. The zero-order valence-corrected chi connectivity index (χ0v) is 19.8. The summed E-state index contributed by atoms with van der Waals surface area (Å²) in [5.74, 6) is -0.679. The first-order valence-corrected chi connectivity index (χ1v) is 12.6. The van der Waals surface area contributed by atoms with E-state index in [0.717, 1.165) is 22.7 Å². The molecule has 3 aromatic rings. The number of hydrogen-bond acceptors (Lipinski definition) is 4. The minimum absolute atomic E-state index is 0.0966. The Morgan fingerprint density at radius 3 is 2.18 bits per heavy atom. The summed E-state index contributed by atoms with van der Waals surface area (Å²) in [6, 6.07) is 21.8. The molecule has 1 heterocycles. The van der Waals surface area contributed by atoms with Crippen LogP contribution in [0.4, 0.5) is 11.4 Å². The van der Waals surface area contributed by atoms with Gasteiger partial charge in [-0.3, -0.25) is 13.9 Å². The molecule has 2 amide bonds. The summed E-state index contributed by atoms with van der Waals surface area (Å²) in [5, 5.41) is 2.76. The normalized spacial score (nSPS) is 13.5. The topological polar surface area (TPSA) is 86.8 Å². The lowest BCUT2D eigenvalue weighted by Crippen LogP contribution is -2.38. The van der Waals surface area contributed by atoms with E-state index in [1.807, 2.05) is 6.92 Å². The molecule has 0 aromatic heterocycles. The van der Waals surface area contributed by atoms with Crippen LogP contribution >= 0.6 is 0 Å². The fourth-order valence-corrected chi connectivity index (χ4v) is 5.36. The van der Waals surface area contributed by atoms with Gasteiger partial charge in [0.25, 0.3) is 15.9 Å². The number of amides is 2. The van der Waals surface area contributed by atoms with E-state index in [1.165, 1.54) is 12.1 Å². The van der Waals surface area contributed by atoms with Crippen molar-refractivity contribution in [2.24, 2.45) is 0 Å². The number of benzene rings is 3. The van der Waals surface area contributed by atoms with Crippen LogP contribution in [0, 0.1) is 6.92 Å². The molecular weight excluding hydrogens is 450 g/mol. The number of hydrogen-bond donors (Lipinski definition) is 1. The number of para-hydroxylation sites is 2. The Hall–Kier alpha value is -3.65. The van der Waals surface area contributed by atoms with Gasteiger partial charge in [-0.05, 0) is 56.2 Å². The molecule has 0 bridgehead atoms. The summed E-state index contributed by atoms with van der Waals surface area (Å²) in [4.78, 5) is 27.9. The smallest absolute Gasteiger partial charge is 0.264 e. The summed E-state index contributed by atoms with van der Waals surface area (Å²) in [5.41, 5.74) is 2.07. The molecule has 176 valence electrons. The number of rotatable bonds is 7. The summed E-state index contributed by atoms with van der Waals surface area (Å²) >= 11 is 0. The van der Waals surface area contributed by atoms with Crippen molar-refractivity contribution in [2.45, 2.75) is 24.7 Å². The maximum absolute atomic E-state index is 13.5. The van der Waals surface area contributed by atoms with Gasteiger partial charge in [0.2, 0.25) is 5.91 Å². The molecule has 34 heavy (non-hydrogen) atoms. The van der Waals surface area contributed by atoms with E-state index < -0.39 is 22.5 Å². The van der Waals surface area contributed by atoms with Gasteiger partial charge in [-0.2, -0.15) is 0 Å². The molecule has 1 saturated heterocycles. The van der Waals surface area contributed by atoms with Gasteiger partial charge in [0.05, 0.1) is 21.8 Å². The number of nitrogens with zero attached hydrogens (tertiary/aromatic N) is 2. The number of sulfonamides is 1. The Balaban J connectivity index is 1.60. The van der Waals surface area contributed by atoms with Gasteiger partial charge in [-0.1, -0.05) is 48.0 Å². The van der Waals surface area contributed by atoms with Crippen LogP contribution in [0.5, 0.6) is 0 Å². The van der Waals surface area contributed by atoms with Gasteiger partial charge in [0, 0.05) is 13.1 Å². The average Bonchev–Trinajstić information content (AvgIpc) is 3.38. The molecular formula is C26H27N3O4S. The molecule has 0 radical (unpaired) electrons. The average molecular weight is 478 g/mol. The lowest BCUT2D eigenvalue weighted by molar-refractivity contribution is -0.114. The maximum Gasteiger partial charge on any atom is 0.264 e. The van der Waals surface area contributed by atoms with Crippen LogP contribution in [0.15, 0.2) is 83.8 Å². The highest BCUT2D eigenvalue weighted by Crippen LogP contribution is 2.25. The van der Waals surface area contributed by atoms with Crippen molar-refractivity contribution in [3.8, 4) is 0 Å². The van der Waals surface area contributed by atoms with Crippen molar-refractivity contribution in [3.05, 3.63) is 90.0 Å². The van der Waals surface area contributed by atoms with Gasteiger partial charge in [-0.15, -0.1) is 0 Å². The number of carbonyl (C=O) groups excluding carboxylic acids is 2. The first-order chi connectivity index (χ1) is 16.4. The third-order valence-corrected chi connectivity index (χ3v) is 7.55. The van der Waals surface area contributed by atoms with Gasteiger partial charge in [0.15, 0.2) is 0 Å². The molecule has 8 heteroatoms. The highest BCUT2D eigenvalue weighted by Gasteiger charge is 2.28. The molecule has 1 N–H and O–H groups in total. The van der Waals surface area contributed by atoms with Crippen LogP contribution in [0.3, 0.4) is 0 Å². The lowest BCUT2D eigenvalue weighted by atomic mass is 10.1. The second kappa shape index (κ2) is 10.1. The van der Waals surface area contributed by atoms with Gasteiger partial charge in [-0.25, -0.2) is 8.42 Å². The Labute approximate surface area is 200 Å². The van der Waals surface area contributed by atoms with E-state index in [9.17, 15) is 18.0 Å². The number of carbonyl (C=O) groups is 2. The molecule has 1 aliphatic rings. The van der Waals surface area contributed by atoms with E-state index in [4.69, 9.17) is 0 Å². The summed E-state index contributed by atoms with van der Waals surface area (Å²) in [6.07, 6.45) is 1.92. The van der Waals surface area contributed by atoms with E-state index >= 15 is 0 Å². The highest BCUT2D eigenvalue weighted by atomic mass is 32.2. The highest BCUT2D eigenvalue weighted by molar-refractivity contribution is 7.92. The monoisotopic (exact) mass is 477 g/mol. The summed E-state index contributed by atoms with van der Waals surface area (Å²) < 4.78 is 28.0. The van der Waals surface area contributed by atoms with Gasteiger partial charge < -0.3 is 10.2 Å². The van der Waals surface area contributed by atoms with Crippen molar-refractivity contribution < 1.29 is 18.0 Å². The molecule has 1 fully saturated rings. The predicted octanol–water partition coefficient (Wildman–Crippen LogP) is 4.07. The van der Waals surface area contributed by atoms with Crippen LogP contribution in [0.25, 0.3) is 0 Å². The number of likely N-dealkylation sites (tertiary alicyclic amines) is 1. The number of nitrogens with one attached hydrogen (secondary N) is 1. The van der Waals surface area contributed by atoms with Crippen molar-refractivity contribution >= 4 is 33.2 Å². The predicted molar refractivity (Wildman–Crippen MR) is 132 cm³/mol. The van der Waals surface area contributed by atoms with Crippen LogP contribution in [0.2, 0.25) is 0 Å². The Morgan fingerprint density at radius 2 is 1.50 bits per heavy atom. The van der Waals surface area contributed by atoms with Gasteiger partial charge in [0.1, 0.15) is 6.54 Å². The Bertz CT molecular complexity index is 1270. The fraction of sp³-hybridized carbons (Fsp3) is 0.231. The zero-order chi connectivity index (χ0) is 24.1. The SMILES string of the molecule is Cc1ccc(S(=O)(=O)N(CC(=O)Nc2ccccc2C(=O)N2CCCC2)c2ccccc2)cc1. The molecule has 0 atom stereocenters. The van der Waals surface area contributed by atoms with E-state index in [1.54, 1.807) is 71.6 Å². The second-order valence-electron chi connectivity index (χ2n) is 8.25. The van der Waals surface area contributed by atoms with E-state index in [2.05, 4.69) is 5.32 Å². The van der Waals surface area contributed by atoms with Crippen molar-refractivity contribution in [1.29, 1.82) is 0 Å². The molecule has 4 rings (SSSR count). The van der Waals surface area contributed by atoms with Crippen LogP contribution in [-0.2, 0) is 14.8 Å². The zero-order valence-electron chi connectivity index (χ0n) is 19.0. The number of anilines is 2. The third-order valence-electron chi connectivity index (χ3n) is 5.77.